The molecule has 0 spiro atoms. The Morgan fingerprint density at radius 3 is 2.83 bits per heavy atom. The highest BCUT2D eigenvalue weighted by atomic mass is 16.5. The van der Waals surface area contributed by atoms with Gasteiger partial charge in [0.15, 0.2) is 0 Å². The number of methoxy groups -OCH3 is 1. The Kier molecular flexibility index (Phi) is 5.41. The van der Waals surface area contributed by atoms with Crippen LogP contribution in [0.1, 0.15) is 44.1 Å². The molecular formula is C19H28N2O3. The van der Waals surface area contributed by atoms with Crippen molar-refractivity contribution in [2.45, 2.75) is 56.1 Å². The Morgan fingerprint density at radius 1 is 1.38 bits per heavy atom. The maximum Gasteiger partial charge on any atom is 0.249 e. The second-order valence-electron chi connectivity index (χ2n) is 7.00. The molecule has 1 saturated heterocycles. The van der Waals surface area contributed by atoms with Crippen LogP contribution in [0.15, 0.2) is 24.3 Å². The number of hydrogen-bond donors (Lipinski definition) is 2. The lowest BCUT2D eigenvalue weighted by Gasteiger charge is -2.30. The SMILES string of the molecule is COc1cccc(C2(CNC(=O)[C@@H]3CC[C@H](CN)O3)CCCC2)c1. The van der Waals surface area contributed by atoms with Crippen molar-refractivity contribution in [1.29, 1.82) is 0 Å². The summed E-state index contributed by atoms with van der Waals surface area (Å²) in [6.07, 6.45) is 5.90. The van der Waals surface area contributed by atoms with Crippen molar-refractivity contribution in [2.24, 2.45) is 5.73 Å². The van der Waals surface area contributed by atoms with E-state index < -0.39 is 0 Å². The van der Waals surface area contributed by atoms with E-state index in [0.29, 0.717) is 13.1 Å². The molecule has 24 heavy (non-hydrogen) atoms. The van der Waals surface area contributed by atoms with Gasteiger partial charge in [0.05, 0.1) is 13.2 Å². The lowest BCUT2D eigenvalue weighted by molar-refractivity contribution is -0.132. The van der Waals surface area contributed by atoms with Gasteiger partial charge in [-0.2, -0.15) is 0 Å². The molecule has 1 aromatic rings. The number of rotatable bonds is 6. The van der Waals surface area contributed by atoms with Crippen molar-refractivity contribution in [3.05, 3.63) is 29.8 Å². The second-order valence-corrected chi connectivity index (χ2v) is 7.00. The van der Waals surface area contributed by atoms with Crippen molar-refractivity contribution in [3.8, 4) is 5.75 Å². The van der Waals surface area contributed by atoms with Gasteiger partial charge < -0.3 is 20.5 Å². The van der Waals surface area contributed by atoms with E-state index in [1.165, 1.54) is 18.4 Å². The Labute approximate surface area is 143 Å². The average molecular weight is 332 g/mol. The van der Waals surface area contributed by atoms with E-state index in [1.54, 1.807) is 7.11 Å². The fourth-order valence-electron chi connectivity index (χ4n) is 4.01. The first-order valence-corrected chi connectivity index (χ1v) is 8.95. The molecule has 1 amide bonds. The number of carbonyl (C=O) groups excluding carboxylic acids is 1. The molecule has 0 radical (unpaired) electrons. The molecule has 1 aliphatic carbocycles. The van der Waals surface area contributed by atoms with Gasteiger partial charge in [0, 0.05) is 18.5 Å². The van der Waals surface area contributed by atoms with Gasteiger partial charge in [-0.25, -0.2) is 0 Å². The molecule has 2 fully saturated rings. The highest BCUT2D eigenvalue weighted by molar-refractivity contribution is 5.81. The molecule has 3 rings (SSSR count). The number of carbonyl (C=O) groups is 1. The minimum Gasteiger partial charge on any atom is -0.497 e. The molecule has 1 aromatic carbocycles. The van der Waals surface area contributed by atoms with Crippen molar-refractivity contribution in [1.82, 2.24) is 5.32 Å². The molecule has 2 aliphatic rings. The Morgan fingerprint density at radius 2 is 2.17 bits per heavy atom. The molecule has 5 nitrogen and oxygen atoms in total. The van der Waals surface area contributed by atoms with Gasteiger partial charge in [-0.05, 0) is 43.4 Å². The van der Waals surface area contributed by atoms with Crippen LogP contribution < -0.4 is 15.8 Å². The summed E-state index contributed by atoms with van der Waals surface area (Å²) in [6, 6.07) is 8.25. The molecule has 132 valence electrons. The summed E-state index contributed by atoms with van der Waals surface area (Å²) in [7, 11) is 1.69. The van der Waals surface area contributed by atoms with Crippen LogP contribution >= 0.6 is 0 Å². The molecule has 1 aliphatic heterocycles. The van der Waals surface area contributed by atoms with Gasteiger partial charge in [0.2, 0.25) is 5.91 Å². The lowest BCUT2D eigenvalue weighted by atomic mass is 9.78. The van der Waals surface area contributed by atoms with Gasteiger partial charge in [0.1, 0.15) is 11.9 Å². The first-order chi connectivity index (χ1) is 11.7. The summed E-state index contributed by atoms with van der Waals surface area (Å²) in [6.45, 7) is 1.14. The Hall–Kier alpha value is -1.59. The van der Waals surface area contributed by atoms with Crippen molar-refractivity contribution < 1.29 is 14.3 Å². The molecule has 5 heteroatoms. The predicted molar refractivity (Wildman–Crippen MR) is 93.1 cm³/mol. The fourth-order valence-corrected chi connectivity index (χ4v) is 4.01. The zero-order valence-corrected chi connectivity index (χ0v) is 14.4. The van der Waals surface area contributed by atoms with E-state index in [1.807, 2.05) is 12.1 Å². The minimum atomic E-state index is -0.345. The quantitative estimate of drug-likeness (QED) is 0.837. The third-order valence-corrected chi connectivity index (χ3v) is 5.51. The number of benzene rings is 1. The summed E-state index contributed by atoms with van der Waals surface area (Å²) >= 11 is 0. The number of nitrogens with two attached hydrogens (primary N) is 1. The van der Waals surface area contributed by atoms with Crippen LogP contribution in [-0.2, 0) is 14.9 Å². The van der Waals surface area contributed by atoms with E-state index in [4.69, 9.17) is 15.2 Å². The third kappa shape index (κ3) is 3.57. The highest BCUT2D eigenvalue weighted by Crippen LogP contribution is 2.41. The number of amides is 1. The smallest absolute Gasteiger partial charge is 0.249 e. The van der Waals surface area contributed by atoms with E-state index in [2.05, 4.69) is 17.4 Å². The Balaban J connectivity index is 1.67. The lowest BCUT2D eigenvalue weighted by Crippen LogP contribution is -2.43. The van der Waals surface area contributed by atoms with Crippen LogP contribution in [0.5, 0.6) is 5.75 Å². The summed E-state index contributed by atoms with van der Waals surface area (Å²) in [5.74, 6) is 0.870. The van der Waals surface area contributed by atoms with Crippen molar-refractivity contribution >= 4 is 5.91 Å². The van der Waals surface area contributed by atoms with E-state index in [-0.39, 0.29) is 23.5 Å². The highest BCUT2D eigenvalue weighted by Gasteiger charge is 2.37. The fraction of sp³-hybridized carbons (Fsp3) is 0.632. The summed E-state index contributed by atoms with van der Waals surface area (Å²) in [5.41, 5.74) is 6.89. The molecule has 0 bridgehead atoms. The number of ether oxygens (including phenoxy) is 2. The standard InChI is InChI=1S/C19H28N2O3/c1-23-15-6-4-5-14(11-15)19(9-2-3-10-19)13-21-18(22)17-8-7-16(12-20)24-17/h4-6,11,16-17H,2-3,7-10,12-13,20H2,1H3,(H,21,22)/t16-,17+/m1/s1. The first kappa shape index (κ1) is 17.2. The van der Waals surface area contributed by atoms with Crippen LogP contribution in [0, 0.1) is 0 Å². The molecule has 1 saturated carbocycles. The molecular weight excluding hydrogens is 304 g/mol. The summed E-state index contributed by atoms with van der Waals surface area (Å²) in [5, 5.41) is 3.14. The normalized spacial score (nSPS) is 25.6. The van der Waals surface area contributed by atoms with Gasteiger partial charge >= 0.3 is 0 Å². The minimum absolute atomic E-state index is 0.000112. The van der Waals surface area contributed by atoms with Gasteiger partial charge in [-0.1, -0.05) is 25.0 Å². The van der Waals surface area contributed by atoms with E-state index in [9.17, 15) is 4.79 Å². The second kappa shape index (κ2) is 7.53. The monoisotopic (exact) mass is 332 g/mol. The molecule has 2 atom stereocenters. The molecule has 3 N–H and O–H groups in total. The predicted octanol–water partition coefficient (Wildman–Crippen LogP) is 2.13. The van der Waals surface area contributed by atoms with Crippen LogP contribution in [0.4, 0.5) is 0 Å². The summed E-state index contributed by atoms with van der Waals surface area (Å²) in [4.78, 5) is 12.5. The zero-order valence-electron chi connectivity index (χ0n) is 14.4. The van der Waals surface area contributed by atoms with Crippen LogP contribution in [0.2, 0.25) is 0 Å². The van der Waals surface area contributed by atoms with Crippen molar-refractivity contribution in [3.63, 3.8) is 0 Å². The van der Waals surface area contributed by atoms with Crippen molar-refractivity contribution in [2.75, 3.05) is 20.2 Å². The van der Waals surface area contributed by atoms with Gasteiger partial charge in [-0.15, -0.1) is 0 Å². The van der Waals surface area contributed by atoms with E-state index >= 15 is 0 Å². The van der Waals surface area contributed by atoms with Crippen LogP contribution in [0.25, 0.3) is 0 Å². The molecule has 0 aromatic heterocycles. The zero-order chi connectivity index (χ0) is 17.0. The van der Waals surface area contributed by atoms with E-state index in [0.717, 1.165) is 31.4 Å². The number of nitrogens with one attached hydrogen (secondary N) is 1. The maximum atomic E-state index is 12.5. The van der Waals surface area contributed by atoms with Crippen LogP contribution in [0.3, 0.4) is 0 Å². The first-order valence-electron chi connectivity index (χ1n) is 8.95. The topological polar surface area (TPSA) is 73.6 Å². The Bertz CT molecular complexity index is 569. The maximum absolute atomic E-state index is 12.5. The molecule has 0 unspecified atom stereocenters. The van der Waals surface area contributed by atoms with Gasteiger partial charge in [0.25, 0.3) is 0 Å². The average Bonchev–Trinajstić information content (AvgIpc) is 3.30. The summed E-state index contributed by atoms with van der Waals surface area (Å²) < 4.78 is 11.1. The largest absolute Gasteiger partial charge is 0.497 e. The molecule has 1 heterocycles. The van der Waals surface area contributed by atoms with Gasteiger partial charge in [-0.3, -0.25) is 4.79 Å². The third-order valence-electron chi connectivity index (χ3n) is 5.51. The van der Waals surface area contributed by atoms with Crippen LogP contribution in [-0.4, -0.2) is 38.3 Å². The number of hydrogen-bond acceptors (Lipinski definition) is 4.